The van der Waals surface area contributed by atoms with Crippen molar-refractivity contribution >= 4 is 34.0 Å². The molecule has 0 spiro atoms. The maximum absolute atomic E-state index is 12.7. The van der Waals surface area contributed by atoms with Crippen molar-refractivity contribution in [3.63, 3.8) is 0 Å². The first-order valence-electron chi connectivity index (χ1n) is 9.78. The van der Waals surface area contributed by atoms with E-state index < -0.39 is 0 Å². The lowest BCUT2D eigenvalue weighted by molar-refractivity contribution is -0.125. The molecule has 0 unspecified atom stereocenters. The molecule has 0 saturated carbocycles. The van der Waals surface area contributed by atoms with E-state index in [4.69, 9.17) is 11.6 Å². The van der Waals surface area contributed by atoms with Crippen LogP contribution in [-0.2, 0) is 11.3 Å². The highest BCUT2D eigenvalue weighted by Gasteiger charge is 2.28. The molecule has 0 bridgehead atoms. The van der Waals surface area contributed by atoms with Crippen LogP contribution in [0.2, 0.25) is 5.02 Å². The fraction of sp³-hybridized carbons (Fsp3) is 0.381. The second-order valence-electron chi connectivity index (χ2n) is 7.41. The zero-order chi connectivity index (χ0) is 20.4. The van der Waals surface area contributed by atoms with Crippen LogP contribution in [-0.4, -0.2) is 33.8 Å². The third-order valence-corrected chi connectivity index (χ3v) is 6.68. The topological polar surface area (TPSA) is 63.1 Å². The molecule has 1 N–H and O–H groups in total. The maximum Gasteiger partial charge on any atom is 0.225 e. The number of rotatable bonds is 5. The van der Waals surface area contributed by atoms with E-state index in [0.29, 0.717) is 18.1 Å². The molecule has 0 aliphatic carbocycles. The van der Waals surface area contributed by atoms with Gasteiger partial charge in [0.15, 0.2) is 0 Å². The Labute approximate surface area is 179 Å². The van der Waals surface area contributed by atoms with Gasteiger partial charge >= 0.3 is 0 Å². The molecule has 1 saturated heterocycles. The standard InChI is InChI=1S/C21H24ClN5OS/c1-14-9-10-15(2)27(14)21-25-24-20(29-21)26-11-5-7-17(13-26)19(28)23-12-16-6-3-4-8-18(16)22/h3-4,6,8-10,17H,5,7,11-13H2,1-2H3,(H,23,28)/t17-/m0/s1. The van der Waals surface area contributed by atoms with Gasteiger partial charge < -0.3 is 10.2 Å². The van der Waals surface area contributed by atoms with Gasteiger partial charge in [0.05, 0.1) is 5.92 Å². The highest BCUT2D eigenvalue weighted by Crippen LogP contribution is 2.29. The number of hydrogen-bond donors (Lipinski definition) is 1. The lowest BCUT2D eigenvalue weighted by Gasteiger charge is -2.31. The minimum atomic E-state index is -0.0614. The fourth-order valence-corrected chi connectivity index (χ4v) is 4.93. The van der Waals surface area contributed by atoms with E-state index in [1.54, 1.807) is 11.3 Å². The number of carbonyl (C=O) groups is 1. The molecule has 3 aromatic rings. The Morgan fingerprint density at radius 2 is 1.90 bits per heavy atom. The average Bonchev–Trinajstić information content (AvgIpc) is 3.33. The third-order valence-electron chi connectivity index (χ3n) is 5.34. The highest BCUT2D eigenvalue weighted by atomic mass is 35.5. The Kier molecular flexibility index (Phi) is 5.87. The fourth-order valence-electron chi connectivity index (χ4n) is 3.73. The number of nitrogens with zero attached hydrogens (tertiary/aromatic N) is 4. The van der Waals surface area contributed by atoms with Crippen molar-refractivity contribution in [2.45, 2.75) is 33.2 Å². The molecule has 0 radical (unpaired) electrons. The van der Waals surface area contributed by atoms with Crippen molar-refractivity contribution in [2.24, 2.45) is 5.92 Å². The molecule has 1 aliphatic heterocycles. The highest BCUT2D eigenvalue weighted by molar-refractivity contribution is 7.17. The van der Waals surface area contributed by atoms with Crippen LogP contribution in [0, 0.1) is 19.8 Å². The minimum Gasteiger partial charge on any atom is -0.352 e. The summed E-state index contributed by atoms with van der Waals surface area (Å²) in [5, 5.41) is 14.2. The Morgan fingerprint density at radius 1 is 1.17 bits per heavy atom. The van der Waals surface area contributed by atoms with E-state index in [2.05, 4.69) is 51.0 Å². The van der Waals surface area contributed by atoms with E-state index in [0.717, 1.165) is 46.6 Å². The van der Waals surface area contributed by atoms with Gasteiger partial charge in [-0.25, -0.2) is 0 Å². The van der Waals surface area contributed by atoms with Gasteiger partial charge in [-0.15, -0.1) is 10.2 Å². The van der Waals surface area contributed by atoms with Gasteiger partial charge in [0.25, 0.3) is 0 Å². The van der Waals surface area contributed by atoms with Crippen molar-refractivity contribution in [1.82, 2.24) is 20.1 Å². The van der Waals surface area contributed by atoms with Crippen molar-refractivity contribution in [3.05, 3.63) is 58.4 Å². The molecule has 152 valence electrons. The lowest BCUT2D eigenvalue weighted by atomic mass is 9.97. The monoisotopic (exact) mass is 429 g/mol. The molecule has 1 aromatic carbocycles. The number of piperidine rings is 1. The predicted molar refractivity (Wildman–Crippen MR) is 117 cm³/mol. The number of anilines is 1. The second kappa shape index (κ2) is 8.55. The average molecular weight is 430 g/mol. The summed E-state index contributed by atoms with van der Waals surface area (Å²) < 4.78 is 2.11. The molecule has 2 aromatic heterocycles. The Morgan fingerprint density at radius 3 is 2.66 bits per heavy atom. The summed E-state index contributed by atoms with van der Waals surface area (Å²) in [6, 6.07) is 11.8. The molecule has 8 heteroatoms. The zero-order valence-electron chi connectivity index (χ0n) is 16.6. The van der Waals surface area contributed by atoms with E-state index in [9.17, 15) is 4.79 Å². The molecule has 1 aliphatic rings. The van der Waals surface area contributed by atoms with E-state index in [1.807, 2.05) is 24.3 Å². The van der Waals surface area contributed by atoms with E-state index in [1.165, 1.54) is 0 Å². The SMILES string of the molecule is Cc1ccc(C)n1-c1nnc(N2CCC[C@H](C(=O)NCc3ccccc3Cl)C2)s1. The van der Waals surface area contributed by atoms with Crippen LogP contribution < -0.4 is 10.2 Å². The smallest absolute Gasteiger partial charge is 0.225 e. The minimum absolute atomic E-state index is 0.0614. The van der Waals surface area contributed by atoms with Crippen LogP contribution in [0.25, 0.3) is 5.13 Å². The summed E-state index contributed by atoms with van der Waals surface area (Å²) in [5.74, 6) is 0.00472. The molecule has 1 atom stereocenters. The van der Waals surface area contributed by atoms with Crippen LogP contribution in [0.5, 0.6) is 0 Å². The number of nitrogens with one attached hydrogen (secondary N) is 1. The molecule has 3 heterocycles. The summed E-state index contributed by atoms with van der Waals surface area (Å²) >= 11 is 7.76. The van der Waals surface area contributed by atoms with Gasteiger partial charge in [-0.2, -0.15) is 0 Å². The van der Waals surface area contributed by atoms with Gasteiger partial charge in [0.2, 0.25) is 16.2 Å². The van der Waals surface area contributed by atoms with Crippen LogP contribution in [0.1, 0.15) is 29.8 Å². The molecule has 6 nitrogen and oxygen atoms in total. The van der Waals surface area contributed by atoms with Crippen LogP contribution in [0.15, 0.2) is 36.4 Å². The van der Waals surface area contributed by atoms with E-state index >= 15 is 0 Å². The quantitative estimate of drug-likeness (QED) is 0.662. The van der Waals surface area contributed by atoms with Crippen LogP contribution in [0.4, 0.5) is 5.13 Å². The van der Waals surface area contributed by atoms with Crippen LogP contribution >= 0.6 is 22.9 Å². The number of benzene rings is 1. The first-order chi connectivity index (χ1) is 14.0. The van der Waals surface area contributed by atoms with Gasteiger partial charge in [-0.3, -0.25) is 9.36 Å². The Balaban J connectivity index is 1.41. The predicted octanol–water partition coefficient (Wildman–Crippen LogP) is 4.13. The molecular weight excluding hydrogens is 406 g/mol. The second-order valence-corrected chi connectivity index (χ2v) is 8.75. The van der Waals surface area contributed by atoms with Gasteiger partial charge in [0, 0.05) is 36.0 Å². The number of aromatic nitrogens is 3. The van der Waals surface area contributed by atoms with E-state index in [-0.39, 0.29) is 11.8 Å². The van der Waals surface area contributed by atoms with Gasteiger partial charge in [-0.05, 0) is 50.5 Å². The van der Waals surface area contributed by atoms with Gasteiger partial charge in [0.1, 0.15) is 0 Å². The number of carbonyl (C=O) groups excluding carboxylic acids is 1. The summed E-state index contributed by atoms with van der Waals surface area (Å²) in [6.07, 6.45) is 1.84. The first kappa shape index (κ1) is 19.9. The Bertz CT molecular complexity index is 995. The molecule has 1 fully saturated rings. The normalized spacial score (nSPS) is 16.8. The molecular formula is C21H24ClN5OS. The summed E-state index contributed by atoms with van der Waals surface area (Å²) in [4.78, 5) is 14.9. The largest absolute Gasteiger partial charge is 0.352 e. The summed E-state index contributed by atoms with van der Waals surface area (Å²) in [7, 11) is 0. The van der Waals surface area contributed by atoms with Gasteiger partial charge in [-0.1, -0.05) is 41.1 Å². The van der Waals surface area contributed by atoms with Crippen LogP contribution in [0.3, 0.4) is 0 Å². The number of aryl methyl sites for hydroxylation is 2. The van der Waals surface area contributed by atoms with Crippen molar-refractivity contribution in [3.8, 4) is 5.13 Å². The van der Waals surface area contributed by atoms with Crippen molar-refractivity contribution < 1.29 is 4.79 Å². The molecule has 4 rings (SSSR count). The molecule has 1 amide bonds. The summed E-state index contributed by atoms with van der Waals surface area (Å²) in [5.41, 5.74) is 3.21. The van der Waals surface area contributed by atoms with Crippen molar-refractivity contribution in [2.75, 3.05) is 18.0 Å². The number of halogens is 1. The third kappa shape index (κ3) is 4.31. The number of amides is 1. The first-order valence-corrected chi connectivity index (χ1v) is 11.0. The number of hydrogen-bond acceptors (Lipinski definition) is 5. The lowest BCUT2D eigenvalue weighted by Crippen LogP contribution is -2.43. The molecule has 29 heavy (non-hydrogen) atoms. The Hall–Kier alpha value is -2.38. The maximum atomic E-state index is 12.7. The van der Waals surface area contributed by atoms with Crippen molar-refractivity contribution in [1.29, 1.82) is 0 Å². The zero-order valence-corrected chi connectivity index (χ0v) is 18.1. The summed E-state index contributed by atoms with van der Waals surface area (Å²) in [6.45, 7) is 6.13.